The van der Waals surface area contributed by atoms with E-state index in [0.29, 0.717) is 12.0 Å². The first-order chi connectivity index (χ1) is 6.06. The molecule has 2 atom stereocenters. The van der Waals surface area contributed by atoms with Gasteiger partial charge in [-0.25, -0.2) is 4.39 Å². The van der Waals surface area contributed by atoms with Crippen molar-refractivity contribution in [1.29, 1.82) is 0 Å². The van der Waals surface area contributed by atoms with Crippen LogP contribution in [0, 0.1) is 0 Å². The van der Waals surface area contributed by atoms with E-state index in [2.05, 4.69) is 5.32 Å². The van der Waals surface area contributed by atoms with Crippen LogP contribution >= 0.6 is 0 Å². The minimum atomic E-state index is -0.215. The molecule has 13 heavy (non-hydrogen) atoms. The fourth-order valence-corrected chi connectivity index (χ4v) is 1.59. The van der Waals surface area contributed by atoms with Crippen LogP contribution in [-0.2, 0) is 0 Å². The van der Waals surface area contributed by atoms with Gasteiger partial charge in [0.2, 0.25) is 0 Å². The van der Waals surface area contributed by atoms with Crippen molar-refractivity contribution in [1.82, 2.24) is 5.32 Å². The average molecular weight is 184 g/mol. The van der Waals surface area contributed by atoms with E-state index < -0.39 is 0 Å². The summed E-state index contributed by atoms with van der Waals surface area (Å²) in [6.07, 6.45) is 2.28. The monoisotopic (exact) mass is 184 g/mol. The SMILES string of the molecule is CNC1CC(F)=C(C(C)N)C=C1C. The van der Waals surface area contributed by atoms with Gasteiger partial charge in [-0.05, 0) is 20.9 Å². The number of nitrogens with one attached hydrogen (secondary N) is 1. The Labute approximate surface area is 78.7 Å². The van der Waals surface area contributed by atoms with E-state index in [-0.39, 0.29) is 17.9 Å². The van der Waals surface area contributed by atoms with Crippen molar-refractivity contribution in [3.8, 4) is 0 Å². The molecule has 0 fully saturated rings. The van der Waals surface area contributed by atoms with E-state index in [1.54, 1.807) is 6.92 Å². The lowest BCUT2D eigenvalue weighted by Gasteiger charge is -2.23. The molecule has 0 spiro atoms. The zero-order valence-electron chi connectivity index (χ0n) is 8.39. The van der Waals surface area contributed by atoms with Crippen LogP contribution in [0.4, 0.5) is 4.39 Å². The Morgan fingerprint density at radius 2 is 2.31 bits per heavy atom. The van der Waals surface area contributed by atoms with Crippen molar-refractivity contribution in [2.75, 3.05) is 7.05 Å². The number of halogens is 1. The Morgan fingerprint density at radius 3 is 2.77 bits per heavy atom. The molecule has 1 aliphatic carbocycles. The standard InChI is InChI=1S/C10H17FN2/c1-6-4-8(7(2)12)9(11)5-10(6)13-3/h4,7,10,13H,5,12H2,1-3H3. The summed E-state index contributed by atoms with van der Waals surface area (Å²) >= 11 is 0. The van der Waals surface area contributed by atoms with Crippen molar-refractivity contribution in [2.45, 2.75) is 32.4 Å². The Balaban J connectivity index is 2.90. The predicted octanol–water partition coefficient (Wildman–Crippen LogP) is 1.50. The van der Waals surface area contributed by atoms with Crippen molar-refractivity contribution in [3.63, 3.8) is 0 Å². The van der Waals surface area contributed by atoms with Crippen LogP contribution in [0.5, 0.6) is 0 Å². The lowest BCUT2D eigenvalue weighted by atomic mass is 9.92. The maximum Gasteiger partial charge on any atom is 0.107 e. The van der Waals surface area contributed by atoms with Crippen LogP contribution in [0.25, 0.3) is 0 Å². The highest BCUT2D eigenvalue weighted by Crippen LogP contribution is 2.26. The summed E-state index contributed by atoms with van der Waals surface area (Å²) in [5, 5.41) is 3.06. The highest BCUT2D eigenvalue weighted by atomic mass is 19.1. The van der Waals surface area contributed by atoms with Gasteiger partial charge in [-0.1, -0.05) is 11.6 Å². The number of hydrogen-bond acceptors (Lipinski definition) is 2. The number of nitrogens with two attached hydrogens (primary N) is 1. The third-order valence-electron chi connectivity index (χ3n) is 2.47. The molecule has 0 aromatic rings. The number of rotatable bonds is 2. The molecule has 0 bridgehead atoms. The van der Waals surface area contributed by atoms with Gasteiger partial charge in [-0.3, -0.25) is 0 Å². The molecule has 0 radical (unpaired) electrons. The van der Waals surface area contributed by atoms with Gasteiger partial charge in [-0.2, -0.15) is 0 Å². The molecular weight excluding hydrogens is 167 g/mol. The Kier molecular flexibility index (Phi) is 3.22. The highest BCUT2D eigenvalue weighted by molar-refractivity contribution is 5.36. The maximum atomic E-state index is 13.4. The van der Waals surface area contributed by atoms with E-state index in [4.69, 9.17) is 5.73 Å². The number of hydrogen-bond donors (Lipinski definition) is 2. The van der Waals surface area contributed by atoms with Gasteiger partial charge in [0.15, 0.2) is 0 Å². The van der Waals surface area contributed by atoms with E-state index in [0.717, 1.165) is 5.57 Å². The molecule has 0 aromatic heterocycles. The van der Waals surface area contributed by atoms with Crippen LogP contribution in [0.1, 0.15) is 20.3 Å². The molecule has 0 saturated carbocycles. The van der Waals surface area contributed by atoms with Crippen LogP contribution in [0.2, 0.25) is 0 Å². The third kappa shape index (κ3) is 2.17. The van der Waals surface area contributed by atoms with Crippen molar-refractivity contribution >= 4 is 0 Å². The fourth-order valence-electron chi connectivity index (χ4n) is 1.59. The normalized spacial score (nSPS) is 25.9. The summed E-state index contributed by atoms with van der Waals surface area (Å²) in [7, 11) is 1.84. The zero-order chi connectivity index (χ0) is 10.0. The molecular formula is C10H17FN2. The highest BCUT2D eigenvalue weighted by Gasteiger charge is 2.20. The average Bonchev–Trinajstić information content (AvgIpc) is 2.07. The summed E-state index contributed by atoms with van der Waals surface area (Å²) in [6.45, 7) is 3.80. The minimum absolute atomic E-state index is 0.0834. The zero-order valence-corrected chi connectivity index (χ0v) is 8.39. The molecule has 3 heteroatoms. The van der Waals surface area contributed by atoms with Crippen LogP contribution in [-0.4, -0.2) is 19.1 Å². The van der Waals surface area contributed by atoms with Gasteiger partial charge in [0.1, 0.15) is 5.83 Å². The third-order valence-corrected chi connectivity index (χ3v) is 2.47. The Hall–Kier alpha value is -0.670. The van der Waals surface area contributed by atoms with E-state index in [9.17, 15) is 4.39 Å². The summed E-state index contributed by atoms with van der Waals surface area (Å²) in [5.74, 6) is -0.0834. The quantitative estimate of drug-likeness (QED) is 0.682. The molecule has 1 rings (SSSR count). The number of likely N-dealkylation sites (N-methyl/N-ethyl adjacent to an activating group) is 1. The lowest BCUT2D eigenvalue weighted by molar-refractivity contribution is 0.500. The van der Waals surface area contributed by atoms with Gasteiger partial charge in [-0.15, -0.1) is 0 Å². The predicted molar refractivity (Wildman–Crippen MR) is 53.0 cm³/mol. The van der Waals surface area contributed by atoms with Crippen molar-refractivity contribution in [2.24, 2.45) is 5.73 Å². The van der Waals surface area contributed by atoms with Crippen LogP contribution < -0.4 is 11.1 Å². The van der Waals surface area contributed by atoms with Crippen molar-refractivity contribution < 1.29 is 4.39 Å². The summed E-state index contributed by atoms with van der Waals surface area (Å²) in [4.78, 5) is 0. The second-order valence-electron chi connectivity index (χ2n) is 3.58. The first kappa shape index (κ1) is 10.4. The topological polar surface area (TPSA) is 38.0 Å². The molecule has 0 amide bonds. The van der Waals surface area contributed by atoms with Crippen LogP contribution in [0.15, 0.2) is 23.0 Å². The molecule has 74 valence electrons. The first-order valence-corrected chi connectivity index (χ1v) is 4.55. The molecule has 0 aliphatic heterocycles. The molecule has 2 nitrogen and oxygen atoms in total. The van der Waals surface area contributed by atoms with Gasteiger partial charge < -0.3 is 11.1 Å². The smallest absolute Gasteiger partial charge is 0.107 e. The van der Waals surface area contributed by atoms with Gasteiger partial charge >= 0.3 is 0 Å². The largest absolute Gasteiger partial charge is 0.324 e. The Morgan fingerprint density at radius 1 is 1.69 bits per heavy atom. The molecule has 1 aliphatic rings. The summed E-state index contributed by atoms with van der Waals surface area (Å²) in [5.41, 5.74) is 7.44. The van der Waals surface area contributed by atoms with Gasteiger partial charge in [0.25, 0.3) is 0 Å². The van der Waals surface area contributed by atoms with Crippen LogP contribution in [0.3, 0.4) is 0 Å². The second kappa shape index (κ2) is 4.03. The minimum Gasteiger partial charge on any atom is -0.324 e. The van der Waals surface area contributed by atoms with E-state index in [1.165, 1.54) is 0 Å². The van der Waals surface area contributed by atoms with Gasteiger partial charge in [0.05, 0.1) is 0 Å². The first-order valence-electron chi connectivity index (χ1n) is 4.55. The van der Waals surface area contributed by atoms with Crippen molar-refractivity contribution in [3.05, 3.63) is 23.0 Å². The fraction of sp³-hybridized carbons (Fsp3) is 0.600. The van der Waals surface area contributed by atoms with E-state index in [1.807, 2.05) is 20.0 Å². The second-order valence-corrected chi connectivity index (χ2v) is 3.58. The Bertz CT molecular complexity index is 254. The molecule has 3 N–H and O–H groups in total. The molecule has 2 unspecified atom stereocenters. The maximum absolute atomic E-state index is 13.4. The molecule has 0 aromatic carbocycles. The summed E-state index contributed by atoms with van der Waals surface area (Å²) < 4.78 is 13.4. The summed E-state index contributed by atoms with van der Waals surface area (Å²) in [6, 6.07) is -0.0877. The molecule has 0 heterocycles. The lowest BCUT2D eigenvalue weighted by Crippen LogP contribution is -2.31. The van der Waals surface area contributed by atoms with E-state index >= 15 is 0 Å². The van der Waals surface area contributed by atoms with Gasteiger partial charge in [0, 0.05) is 24.1 Å². The molecule has 0 saturated heterocycles.